The van der Waals surface area contributed by atoms with Crippen LogP contribution in [0.2, 0.25) is 0 Å². The van der Waals surface area contributed by atoms with Crippen LogP contribution in [0.5, 0.6) is 0 Å². The number of halogens is 2. The quantitative estimate of drug-likeness (QED) is 0.820. The molecule has 4 heteroatoms. The summed E-state index contributed by atoms with van der Waals surface area (Å²) in [5.41, 5.74) is 2.10. The van der Waals surface area contributed by atoms with E-state index in [9.17, 15) is 13.9 Å². The van der Waals surface area contributed by atoms with Gasteiger partial charge < -0.3 is 10.4 Å². The fraction of sp³-hybridized carbons (Fsp3) is 0.294. The minimum atomic E-state index is -2.43. The SMILES string of the molecule is OC[C@H](Cc1ccccc1)NCc1ccc(C(F)F)cc1. The lowest BCUT2D eigenvalue weighted by molar-refractivity contribution is 0.151. The number of nitrogens with one attached hydrogen (secondary N) is 1. The maximum Gasteiger partial charge on any atom is 0.263 e. The van der Waals surface area contributed by atoms with E-state index in [1.54, 1.807) is 12.1 Å². The van der Waals surface area contributed by atoms with Crippen molar-refractivity contribution in [2.24, 2.45) is 0 Å². The van der Waals surface area contributed by atoms with Crippen molar-refractivity contribution in [1.29, 1.82) is 0 Å². The maximum atomic E-state index is 12.5. The highest BCUT2D eigenvalue weighted by Gasteiger charge is 2.09. The minimum Gasteiger partial charge on any atom is -0.395 e. The Kier molecular flexibility index (Phi) is 5.84. The summed E-state index contributed by atoms with van der Waals surface area (Å²) in [5, 5.41) is 12.7. The van der Waals surface area contributed by atoms with Crippen molar-refractivity contribution in [3.05, 3.63) is 71.3 Å². The van der Waals surface area contributed by atoms with Gasteiger partial charge in [0.2, 0.25) is 0 Å². The van der Waals surface area contributed by atoms with Crippen molar-refractivity contribution in [2.45, 2.75) is 25.4 Å². The number of benzene rings is 2. The fourth-order valence-electron chi connectivity index (χ4n) is 2.14. The Labute approximate surface area is 123 Å². The predicted octanol–water partition coefficient (Wildman–Crippen LogP) is 3.32. The number of rotatable bonds is 7. The molecule has 0 saturated heterocycles. The van der Waals surface area contributed by atoms with Crippen molar-refractivity contribution >= 4 is 0 Å². The molecule has 21 heavy (non-hydrogen) atoms. The molecule has 0 heterocycles. The Hall–Kier alpha value is -1.78. The molecule has 0 amide bonds. The van der Waals surface area contributed by atoms with Gasteiger partial charge in [-0.2, -0.15) is 0 Å². The molecule has 2 aromatic carbocycles. The Morgan fingerprint density at radius 3 is 2.14 bits per heavy atom. The molecule has 0 aliphatic rings. The third-order valence-corrected chi connectivity index (χ3v) is 3.37. The second-order valence-corrected chi connectivity index (χ2v) is 4.99. The predicted molar refractivity (Wildman–Crippen MR) is 79.3 cm³/mol. The minimum absolute atomic E-state index is 0.0294. The summed E-state index contributed by atoms with van der Waals surface area (Å²) in [7, 11) is 0. The number of hydrogen-bond acceptors (Lipinski definition) is 2. The van der Waals surface area contributed by atoms with E-state index < -0.39 is 6.43 Å². The van der Waals surface area contributed by atoms with Crippen LogP contribution in [0.25, 0.3) is 0 Å². The van der Waals surface area contributed by atoms with Crippen LogP contribution in [0.15, 0.2) is 54.6 Å². The van der Waals surface area contributed by atoms with E-state index in [0.717, 1.165) is 17.5 Å². The molecule has 0 saturated carbocycles. The first-order chi connectivity index (χ1) is 10.2. The van der Waals surface area contributed by atoms with E-state index in [2.05, 4.69) is 5.32 Å². The molecule has 0 aliphatic carbocycles. The lowest BCUT2D eigenvalue weighted by atomic mass is 10.1. The molecule has 0 radical (unpaired) electrons. The van der Waals surface area contributed by atoms with E-state index >= 15 is 0 Å². The molecule has 0 aliphatic heterocycles. The van der Waals surface area contributed by atoms with Gasteiger partial charge in [0.15, 0.2) is 0 Å². The molecular weight excluding hydrogens is 272 g/mol. The number of aliphatic hydroxyl groups excluding tert-OH is 1. The van der Waals surface area contributed by atoms with Gasteiger partial charge in [-0.25, -0.2) is 8.78 Å². The van der Waals surface area contributed by atoms with E-state index in [-0.39, 0.29) is 18.2 Å². The molecule has 112 valence electrons. The van der Waals surface area contributed by atoms with Crippen LogP contribution in [0.1, 0.15) is 23.1 Å². The van der Waals surface area contributed by atoms with Crippen LogP contribution >= 0.6 is 0 Å². The van der Waals surface area contributed by atoms with E-state index in [4.69, 9.17) is 0 Å². The maximum absolute atomic E-state index is 12.5. The second-order valence-electron chi connectivity index (χ2n) is 4.99. The highest BCUT2D eigenvalue weighted by Crippen LogP contribution is 2.18. The van der Waals surface area contributed by atoms with Crippen molar-refractivity contribution in [2.75, 3.05) is 6.61 Å². The summed E-state index contributed by atoms with van der Waals surface area (Å²) < 4.78 is 24.9. The van der Waals surface area contributed by atoms with Gasteiger partial charge >= 0.3 is 0 Å². The molecule has 0 aromatic heterocycles. The zero-order valence-electron chi connectivity index (χ0n) is 11.7. The molecule has 2 nitrogen and oxygen atoms in total. The second kappa shape index (κ2) is 7.86. The standard InChI is InChI=1S/C17H19F2NO/c18-17(19)15-8-6-14(7-9-15)11-20-16(12-21)10-13-4-2-1-3-5-13/h1-9,16-17,20-21H,10-12H2/t16-/m0/s1. The van der Waals surface area contributed by atoms with Crippen LogP contribution in [0, 0.1) is 0 Å². The molecule has 2 N–H and O–H groups in total. The molecule has 0 fully saturated rings. The summed E-state index contributed by atoms with van der Waals surface area (Å²) in [6.07, 6.45) is -1.71. The van der Waals surface area contributed by atoms with Crippen LogP contribution in [-0.4, -0.2) is 17.8 Å². The van der Waals surface area contributed by atoms with Crippen molar-refractivity contribution in [3.63, 3.8) is 0 Å². The first kappa shape index (κ1) is 15.6. The number of alkyl halides is 2. The van der Waals surface area contributed by atoms with Gasteiger partial charge in [0.25, 0.3) is 6.43 Å². The topological polar surface area (TPSA) is 32.3 Å². The molecular formula is C17H19F2NO. The van der Waals surface area contributed by atoms with Crippen molar-refractivity contribution in [1.82, 2.24) is 5.32 Å². The van der Waals surface area contributed by atoms with Gasteiger partial charge in [0.1, 0.15) is 0 Å². The Morgan fingerprint density at radius 2 is 1.57 bits per heavy atom. The number of hydrogen-bond donors (Lipinski definition) is 2. The smallest absolute Gasteiger partial charge is 0.263 e. The van der Waals surface area contributed by atoms with Crippen LogP contribution in [-0.2, 0) is 13.0 Å². The van der Waals surface area contributed by atoms with E-state index in [0.29, 0.717) is 6.54 Å². The summed E-state index contributed by atoms with van der Waals surface area (Å²) in [6.45, 7) is 0.575. The van der Waals surface area contributed by atoms with Gasteiger partial charge in [0.05, 0.1) is 6.61 Å². The molecule has 0 unspecified atom stereocenters. The average molecular weight is 291 g/mol. The largest absolute Gasteiger partial charge is 0.395 e. The third-order valence-electron chi connectivity index (χ3n) is 3.37. The van der Waals surface area contributed by atoms with Gasteiger partial charge in [-0.05, 0) is 17.5 Å². The molecule has 2 aromatic rings. The van der Waals surface area contributed by atoms with E-state index in [1.807, 2.05) is 30.3 Å². The third kappa shape index (κ3) is 4.92. The highest BCUT2D eigenvalue weighted by atomic mass is 19.3. The van der Waals surface area contributed by atoms with Crippen molar-refractivity contribution < 1.29 is 13.9 Å². The van der Waals surface area contributed by atoms with Crippen LogP contribution in [0.4, 0.5) is 8.78 Å². The molecule has 2 rings (SSSR count). The van der Waals surface area contributed by atoms with E-state index in [1.165, 1.54) is 12.1 Å². The lowest BCUT2D eigenvalue weighted by Crippen LogP contribution is -2.34. The highest BCUT2D eigenvalue weighted by molar-refractivity contribution is 5.23. The molecule has 0 bridgehead atoms. The normalized spacial score (nSPS) is 12.6. The Balaban J connectivity index is 1.88. The summed E-state index contributed by atoms with van der Waals surface area (Å²) in [4.78, 5) is 0. The van der Waals surface area contributed by atoms with Crippen LogP contribution in [0.3, 0.4) is 0 Å². The lowest BCUT2D eigenvalue weighted by Gasteiger charge is -2.16. The zero-order chi connectivity index (χ0) is 15.1. The van der Waals surface area contributed by atoms with Gasteiger partial charge in [-0.15, -0.1) is 0 Å². The molecule has 1 atom stereocenters. The number of aliphatic hydroxyl groups is 1. The monoisotopic (exact) mass is 291 g/mol. The van der Waals surface area contributed by atoms with Crippen LogP contribution < -0.4 is 5.32 Å². The summed E-state index contributed by atoms with van der Waals surface area (Å²) in [5.74, 6) is 0. The zero-order valence-corrected chi connectivity index (χ0v) is 11.7. The molecule has 0 spiro atoms. The first-order valence-corrected chi connectivity index (χ1v) is 6.94. The Bertz CT molecular complexity index is 528. The summed E-state index contributed by atoms with van der Waals surface area (Å²) in [6, 6.07) is 16.1. The fourth-order valence-corrected chi connectivity index (χ4v) is 2.14. The van der Waals surface area contributed by atoms with Crippen molar-refractivity contribution in [3.8, 4) is 0 Å². The Morgan fingerprint density at radius 1 is 0.905 bits per heavy atom. The van der Waals surface area contributed by atoms with Gasteiger partial charge in [-0.1, -0.05) is 54.6 Å². The average Bonchev–Trinajstić information content (AvgIpc) is 2.52. The van der Waals surface area contributed by atoms with Gasteiger partial charge in [0, 0.05) is 18.2 Å². The first-order valence-electron chi connectivity index (χ1n) is 6.94. The summed E-state index contributed by atoms with van der Waals surface area (Å²) >= 11 is 0. The van der Waals surface area contributed by atoms with Gasteiger partial charge in [-0.3, -0.25) is 0 Å².